The molecule has 1 aromatic heterocycles. The van der Waals surface area contributed by atoms with E-state index in [1.807, 2.05) is 6.92 Å². The highest BCUT2D eigenvalue weighted by Gasteiger charge is 1.99. The maximum Gasteiger partial charge on any atom is 0.226 e. The third kappa shape index (κ3) is 1.03. The van der Waals surface area contributed by atoms with Crippen LogP contribution in [0.4, 0.5) is 0 Å². The van der Waals surface area contributed by atoms with E-state index >= 15 is 0 Å². The van der Waals surface area contributed by atoms with Crippen molar-refractivity contribution in [3.05, 3.63) is 28.2 Å². The van der Waals surface area contributed by atoms with E-state index in [0.29, 0.717) is 12.0 Å². The standard InChI is InChI=1S/C7H9NO2/c1-2-5-3-8-4-6(9)7(5)10/h3-4,9H,2H2,1H3,(H,8,10). The second-order valence-electron chi connectivity index (χ2n) is 2.05. The molecular formula is C7H9NO2. The lowest BCUT2D eigenvalue weighted by Crippen LogP contribution is -2.06. The van der Waals surface area contributed by atoms with E-state index in [0.717, 1.165) is 0 Å². The van der Waals surface area contributed by atoms with Crippen molar-refractivity contribution in [3.63, 3.8) is 0 Å². The SMILES string of the molecule is CCc1c[nH]cc(O)c1=O. The summed E-state index contributed by atoms with van der Waals surface area (Å²) in [5, 5.41) is 8.89. The summed E-state index contributed by atoms with van der Waals surface area (Å²) in [5.41, 5.74) is 0.334. The van der Waals surface area contributed by atoms with E-state index < -0.39 is 0 Å². The van der Waals surface area contributed by atoms with Gasteiger partial charge in [-0.2, -0.15) is 0 Å². The Morgan fingerprint density at radius 1 is 1.60 bits per heavy atom. The minimum atomic E-state index is -0.277. The fourth-order valence-corrected chi connectivity index (χ4v) is 0.779. The number of rotatable bonds is 1. The van der Waals surface area contributed by atoms with Gasteiger partial charge >= 0.3 is 0 Å². The van der Waals surface area contributed by atoms with E-state index in [2.05, 4.69) is 4.98 Å². The van der Waals surface area contributed by atoms with Gasteiger partial charge in [-0.15, -0.1) is 0 Å². The summed E-state index contributed by atoms with van der Waals surface area (Å²) in [5.74, 6) is -0.209. The van der Waals surface area contributed by atoms with Gasteiger partial charge in [0.05, 0.1) is 0 Å². The number of pyridine rings is 1. The molecule has 1 rings (SSSR count). The first-order valence-electron chi connectivity index (χ1n) is 3.14. The quantitative estimate of drug-likeness (QED) is 0.600. The van der Waals surface area contributed by atoms with Gasteiger partial charge < -0.3 is 10.1 Å². The van der Waals surface area contributed by atoms with Gasteiger partial charge in [-0.25, -0.2) is 0 Å². The zero-order valence-electron chi connectivity index (χ0n) is 5.72. The predicted molar refractivity (Wildman–Crippen MR) is 38.1 cm³/mol. The van der Waals surface area contributed by atoms with Crippen molar-refractivity contribution in [1.82, 2.24) is 4.98 Å². The monoisotopic (exact) mass is 139 g/mol. The highest BCUT2D eigenvalue weighted by Crippen LogP contribution is 1.98. The molecule has 1 aromatic rings. The van der Waals surface area contributed by atoms with Crippen LogP contribution in [0.25, 0.3) is 0 Å². The Labute approximate surface area is 58.3 Å². The van der Waals surface area contributed by atoms with Gasteiger partial charge in [-0.3, -0.25) is 4.79 Å². The number of aryl methyl sites for hydroxylation is 1. The summed E-state index contributed by atoms with van der Waals surface area (Å²) in [6.45, 7) is 1.87. The Morgan fingerprint density at radius 3 is 2.80 bits per heavy atom. The van der Waals surface area contributed by atoms with Crippen LogP contribution in [0, 0.1) is 0 Å². The van der Waals surface area contributed by atoms with Crippen LogP contribution < -0.4 is 5.43 Å². The maximum atomic E-state index is 10.9. The lowest BCUT2D eigenvalue weighted by molar-refractivity contribution is 0.466. The smallest absolute Gasteiger partial charge is 0.226 e. The van der Waals surface area contributed by atoms with Crippen molar-refractivity contribution in [1.29, 1.82) is 0 Å². The molecule has 3 heteroatoms. The molecule has 0 radical (unpaired) electrons. The molecular weight excluding hydrogens is 130 g/mol. The molecule has 0 spiro atoms. The zero-order chi connectivity index (χ0) is 7.56. The number of nitrogens with one attached hydrogen (secondary N) is 1. The largest absolute Gasteiger partial charge is 0.503 e. The molecule has 0 bridgehead atoms. The molecule has 0 amide bonds. The minimum absolute atomic E-state index is 0.209. The molecule has 0 aliphatic heterocycles. The number of aromatic hydroxyl groups is 1. The molecule has 0 saturated carbocycles. The van der Waals surface area contributed by atoms with Crippen molar-refractivity contribution in [2.75, 3.05) is 0 Å². The molecule has 3 nitrogen and oxygen atoms in total. The van der Waals surface area contributed by atoms with E-state index in [1.54, 1.807) is 6.20 Å². The van der Waals surface area contributed by atoms with Crippen molar-refractivity contribution in [2.24, 2.45) is 0 Å². The molecule has 0 unspecified atom stereocenters. The molecule has 54 valence electrons. The van der Waals surface area contributed by atoms with Crippen LogP contribution in [0.2, 0.25) is 0 Å². The molecule has 10 heavy (non-hydrogen) atoms. The van der Waals surface area contributed by atoms with Gasteiger partial charge in [0.1, 0.15) is 0 Å². The highest BCUT2D eigenvalue weighted by atomic mass is 16.3. The second kappa shape index (κ2) is 2.56. The number of aromatic nitrogens is 1. The molecule has 0 fully saturated rings. The van der Waals surface area contributed by atoms with Gasteiger partial charge in [-0.1, -0.05) is 6.92 Å². The van der Waals surface area contributed by atoms with Crippen LogP contribution >= 0.6 is 0 Å². The van der Waals surface area contributed by atoms with Crippen molar-refractivity contribution < 1.29 is 5.11 Å². The first kappa shape index (κ1) is 6.86. The Balaban J connectivity index is 3.28. The molecule has 2 N–H and O–H groups in total. The molecule has 0 aromatic carbocycles. The van der Waals surface area contributed by atoms with Crippen molar-refractivity contribution >= 4 is 0 Å². The lowest BCUT2D eigenvalue weighted by atomic mass is 10.2. The van der Waals surface area contributed by atoms with Gasteiger partial charge in [0.25, 0.3) is 0 Å². The molecule has 0 aliphatic carbocycles. The second-order valence-corrected chi connectivity index (χ2v) is 2.05. The first-order chi connectivity index (χ1) is 4.75. The number of hydrogen-bond donors (Lipinski definition) is 2. The van der Waals surface area contributed by atoms with E-state index in [-0.39, 0.29) is 11.2 Å². The van der Waals surface area contributed by atoms with Crippen molar-refractivity contribution in [3.8, 4) is 5.75 Å². The molecule has 0 saturated heterocycles. The summed E-state index contributed by atoms with van der Waals surface area (Å²) in [4.78, 5) is 13.6. The molecule has 1 heterocycles. The summed E-state index contributed by atoms with van der Waals surface area (Å²) in [7, 11) is 0. The third-order valence-corrected chi connectivity index (χ3v) is 1.38. The van der Waals surface area contributed by atoms with Gasteiger partial charge in [0, 0.05) is 18.0 Å². The summed E-state index contributed by atoms with van der Waals surface area (Å²) < 4.78 is 0. The average molecular weight is 139 g/mol. The zero-order valence-corrected chi connectivity index (χ0v) is 5.72. The fourth-order valence-electron chi connectivity index (χ4n) is 0.779. The van der Waals surface area contributed by atoms with E-state index in [9.17, 15) is 4.79 Å². The Hall–Kier alpha value is -1.25. The average Bonchev–Trinajstić information content (AvgIpc) is 1.95. The Bertz CT molecular complexity index is 277. The Kier molecular flexibility index (Phi) is 1.76. The number of aromatic amines is 1. The van der Waals surface area contributed by atoms with Gasteiger partial charge in [0.2, 0.25) is 5.43 Å². The number of H-pyrrole nitrogens is 1. The van der Waals surface area contributed by atoms with Crippen LogP contribution in [0.3, 0.4) is 0 Å². The van der Waals surface area contributed by atoms with Crippen molar-refractivity contribution in [2.45, 2.75) is 13.3 Å². The topological polar surface area (TPSA) is 53.1 Å². The highest BCUT2D eigenvalue weighted by molar-refractivity contribution is 5.22. The van der Waals surface area contributed by atoms with Crippen LogP contribution in [0.1, 0.15) is 12.5 Å². The number of hydrogen-bond acceptors (Lipinski definition) is 2. The normalized spacial score (nSPS) is 9.70. The predicted octanol–water partition coefficient (Wildman–Crippen LogP) is 0.643. The van der Waals surface area contributed by atoms with Crippen LogP contribution in [-0.2, 0) is 6.42 Å². The van der Waals surface area contributed by atoms with E-state index in [4.69, 9.17) is 5.11 Å². The van der Waals surface area contributed by atoms with Gasteiger partial charge in [-0.05, 0) is 6.42 Å². The van der Waals surface area contributed by atoms with Crippen LogP contribution in [-0.4, -0.2) is 10.1 Å². The lowest BCUT2D eigenvalue weighted by Gasteiger charge is -1.94. The maximum absolute atomic E-state index is 10.9. The van der Waals surface area contributed by atoms with E-state index in [1.165, 1.54) is 6.20 Å². The fraction of sp³-hybridized carbons (Fsp3) is 0.286. The minimum Gasteiger partial charge on any atom is -0.503 e. The first-order valence-corrected chi connectivity index (χ1v) is 3.14. The van der Waals surface area contributed by atoms with Crippen LogP contribution in [0.15, 0.2) is 17.2 Å². The third-order valence-electron chi connectivity index (χ3n) is 1.38. The summed E-state index contributed by atoms with van der Waals surface area (Å²) in [6, 6.07) is 0. The summed E-state index contributed by atoms with van der Waals surface area (Å²) in [6.07, 6.45) is 3.52. The Morgan fingerprint density at radius 2 is 2.30 bits per heavy atom. The van der Waals surface area contributed by atoms with Crippen LogP contribution in [0.5, 0.6) is 5.75 Å². The molecule has 0 atom stereocenters. The molecule has 0 aliphatic rings. The van der Waals surface area contributed by atoms with Gasteiger partial charge in [0.15, 0.2) is 5.75 Å². The summed E-state index contributed by atoms with van der Waals surface area (Å²) >= 11 is 0.